The van der Waals surface area contributed by atoms with Crippen molar-refractivity contribution in [3.8, 4) is 0 Å². The number of aromatic nitrogens is 1. The molecule has 9 nitrogen and oxygen atoms in total. The molecule has 11 heteroatoms. The molecule has 1 heterocycles. The minimum Gasteiger partial charge on any atom is -0.298 e. The third-order valence-corrected chi connectivity index (χ3v) is 5.39. The van der Waals surface area contributed by atoms with Gasteiger partial charge in [-0.3, -0.25) is 30.3 Å². The molecule has 1 amide bonds. The normalized spacial score (nSPS) is 10.8. The van der Waals surface area contributed by atoms with Crippen LogP contribution in [0.15, 0.2) is 48.5 Å². The van der Waals surface area contributed by atoms with Gasteiger partial charge in [-0.15, -0.1) is 28.3 Å². The Morgan fingerprint density at radius 3 is 2.09 bits per heavy atom. The fourth-order valence-electron chi connectivity index (χ4n) is 3.00. The Kier molecular flexibility index (Phi) is 7.81. The van der Waals surface area contributed by atoms with Gasteiger partial charge in [0.05, 0.1) is 27.2 Å². The highest BCUT2D eigenvalue weighted by Gasteiger charge is 2.25. The highest BCUT2D eigenvalue weighted by Crippen LogP contribution is 2.34. The third-order valence-electron chi connectivity index (χ3n) is 4.42. The van der Waals surface area contributed by atoms with Crippen molar-refractivity contribution in [2.45, 2.75) is 32.6 Å². The van der Waals surface area contributed by atoms with E-state index >= 15 is 0 Å². The summed E-state index contributed by atoms with van der Waals surface area (Å²) in [5.41, 5.74) is 0.425. The monoisotopic (exact) mass is 520 g/mol. The van der Waals surface area contributed by atoms with Crippen molar-refractivity contribution in [2.75, 3.05) is 5.32 Å². The van der Waals surface area contributed by atoms with Crippen LogP contribution in [0.5, 0.6) is 0 Å². The van der Waals surface area contributed by atoms with Gasteiger partial charge in [0.25, 0.3) is 17.3 Å². The average molecular weight is 521 g/mol. The number of nitro groups is 2. The summed E-state index contributed by atoms with van der Waals surface area (Å²) in [6.45, 7) is 6.06. The minimum atomic E-state index is -0.775. The molecule has 0 bridgehead atoms. The van der Waals surface area contributed by atoms with Crippen molar-refractivity contribution < 1.29 is 14.6 Å². The van der Waals surface area contributed by atoms with Crippen molar-refractivity contribution in [3.05, 3.63) is 90.5 Å². The maximum Gasteiger partial charge on any atom is 0.277 e. The first-order chi connectivity index (χ1) is 14.5. The molecule has 168 valence electrons. The smallest absolute Gasteiger partial charge is 0.277 e. The number of halogens is 1. The van der Waals surface area contributed by atoms with Gasteiger partial charge in [-0.05, 0) is 5.56 Å². The first-order valence-electron chi connectivity index (χ1n) is 9.34. The number of anilines is 1. The Hall–Kier alpha value is -3.18. The minimum absolute atomic E-state index is 0. The van der Waals surface area contributed by atoms with E-state index in [2.05, 4.69) is 10.3 Å². The zero-order valence-corrected chi connectivity index (χ0v) is 20.1. The van der Waals surface area contributed by atoms with Crippen LogP contribution in [0.1, 0.15) is 47.3 Å². The topological polar surface area (TPSA) is 128 Å². The molecule has 0 aliphatic heterocycles. The lowest BCUT2D eigenvalue weighted by atomic mass is 9.90. The third kappa shape index (κ3) is 5.95. The molecule has 3 rings (SSSR count). The molecule has 0 spiro atoms. The molecule has 0 fully saturated rings. The van der Waals surface area contributed by atoms with Gasteiger partial charge in [-0.1, -0.05) is 51.1 Å². The number of benzene rings is 2. The maximum absolute atomic E-state index is 12.7. The summed E-state index contributed by atoms with van der Waals surface area (Å²) in [4.78, 5) is 38.9. The quantitative estimate of drug-likeness (QED) is 0.328. The lowest BCUT2D eigenvalue weighted by Crippen LogP contribution is -2.15. The molecule has 0 unspecified atom stereocenters. The average Bonchev–Trinajstić information content (AvgIpc) is 3.10. The van der Waals surface area contributed by atoms with E-state index in [1.807, 2.05) is 51.1 Å². The van der Waals surface area contributed by atoms with E-state index in [4.69, 9.17) is 0 Å². The second-order valence-corrected chi connectivity index (χ2v) is 8.99. The second kappa shape index (κ2) is 9.96. The molecular weight excluding hydrogens is 500 g/mol. The fraction of sp³-hybridized carbons (Fsp3) is 0.238. The SMILES string of the molecule is Br.CC(C)(C)c1nc(NC(=O)c2cc([N+](=O)[O-])cc([N+](=O)[O-])c2)sc1Cc1ccccc1. The van der Waals surface area contributed by atoms with Crippen molar-refractivity contribution in [1.82, 2.24) is 4.98 Å². The molecule has 3 aromatic rings. The molecule has 0 aliphatic carbocycles. The van der Waals surface area contributed by atoms with Crippen LogP contribution in [0.4, 0.5) is 16.5 Å². The maximum atomic E-state index is 12.7. The van der Waals surface area contributed by atoms with Gasteiger partial charge in [-0.2, -0.15) is 0 Å². The van der Waals surface area contributed by atoms with E-state index in [1.54, 1.807) is 0 Å². The van der Waals surface area contributed by atoms with Crippen LogP contribution < -0.4 is 5.32 Å². The first kappa shape index (κ1) is 25.1. The molecule has 1 aromatic heterocycles. The standard InChI is InChI=1S/C21H20N4O5S.BrH/c1-21(2,3)18-17(9-13-7-5-4-6-8-13)31-20(22-18)23-19(26)14-10-15(24(27)28)12-16(11-14)25(29)30;/h4-8,10-12H,9H2,1-3H3,(H,22,23,26);1H. The van der Waals surface area contributed by atoms with Crippen LogP contribution in [0.3, 0.4) is 0 Å². The van der Waals surface area contributed by atoms with E-state index in [0.29, 0.717) is 11.6 Å². The van der Waals surface area contributed by atoms with Crippen molar-refractivity contribution >= 4 is 50.7 Å². The van der Waals surface area contributed by atoms with E-state index in [1.165, 1.54) is 11.3 Å². The first-order valence-corrected chi connectivity index (χ1v) is 10.2. The molecule has 0 saturated carbocycles. The molecule has 0 saturated heterocycles. The predicted octanol–water partition coefficient (Wildman–Crippen LogP) is 5.68. The number of carbonyl (C=O) groups excluding carboxylic acids is 1. The molecular formula is C21H21BrN4O5S. The van der Waals surface area contributed by atoms with Crippen LogP contribution in [0, 0.1) is 20.2 Å². The van der Waals surface area contributed by atoms with Crippen LogP contribution >= 0.6 is 28.3 Å². The number of hydrogen-bond donors (Lipinski definition) is 1. The van der Waals surface area contributed by atoms with Gasteiger partial charge in [0, 0.05) is 28.8 Å². The van der Waals surface area contributed by atoms with Gasteiger partial charge in [0.1, 0.15) is 0 Å². The van der Waals surface area contributed by atoms with Crippen molar-refractivity contribution in [3.63, 3.8) is 0 Å². The Balaban J connectivity index is 0.00000363. The number of nitrogens with one attached hydrogen (secondary N) is 1. The number of hydrogen-bond acceptors (Lipinski definition) is 7. The summed E-state index contributed by atoms with van der Waals surface area (Å²) in [5.74, 6) is -0.702. The molecule has 0 aliphatic rings. The number of nitro benzene ring substituents is 2. The molecule has 0 atom stereocenters. The van der Waals surface area contributed by atoms with Gasteiger partial charge in [-0.25, -0.2) is 4.98 Å². The second-order valence-electron chi connectivity index (χ2n) is 7.91. The van der Waals surface area contributed by atoms with E-state index in [-0.39, 0.29) is 28.0 Å². The van der Waals surface area contributed by atoms with Gasteiger partial charge < -0.3 is 0 Å². The Bertz CT molecular complexity index is 1130. The lowest BCUT2D eigenvalue weighted by molar-refractivity contribution is -0.394. The largest absolute Gasteiger partial charge is 0.298 e. The highest BCUT2D eigenvalue weighted by molar-refractivity contribution is 8.93. The number of carbonyl (C=O) groups is 1. The van der Waals surface area contributed by atoms with Crippen LogP contribution in [-0.4, -0.2) is 20.7 Å². The van der Waals surface area contributed by atoms with Gasteiger partial charge in [0.15, 0.2) is 5.13 Å². The predicted molar refractivity (Wildman–Crippen MR) is 128 cm³/mol. The van der Waals surface area contributed by atoms with Crippen LogP contribution in [0.2, 0.25) is 0 Å². The number of amides is 1. The summed E-state index contributed by atoms with van der Waals surface area (Å²) < 4.78 is 0. The van der Waals surface area contributed by atoms with Crippen LogP contribution in [0.25, 0.3) is 0 Å². The van der Waals surface area contributed by atoms with E-state index in [0.717, 1.165) is 34.3 Å². The van der Waals surface area contributed by atoms with Gasteiger partial charge in [0.2, 0.25) is 0 Å². The summed E-state index contributed by atoms with van der Waals surface area (Å²) in [5, 5.41) is 25.1. The summed E-state index contributed by atoms with van der Waals surface area (Å²) in [6.07, 6.45) is 0.642. The molecule has 1 N–H and O–H groups in total. The number of non-ortho nitro benzene ring substituents is 2. The Labute approximate surface area is 198 Å². The number of thiazole rings is 1. The number of rotatable bonds is 6. The molecule has 0 radical (unpaired) electrons. The molecule has 2 aromatic carbocycles. The zero-order valence-electron chi connectivity index (χ0n) is 17.5. The zero-order chi connectivity index (χ0) is 22.8. The highest BCUT2D eigenvalue weighted by atomic mass is 79.9. The Morgan fingerprint density at radius 2 is 1.59 bits per heavy atom. The summed E-state index contributed by atoms with van der Waals surface area (Å²) >= 11 is 1.31. The van der Waals surface area contributed by atoms with Crippen molar-refractivity contribution in [1.29, 1.82) is 0 Å². The van der Waals surface area contributed by atoms with E-state index in [9.17, 15) is 25.0 Å². The summed E-state index contributed by atoms with van der Waals surface area (Å²) in [7, 11) is 0. The van der Waals surface area contributed by atoms with Gasteiger partial charge >= 0.3 is 0 Å². The fourth-order valence-corrected chi connectivity index (χ4v) is 4.20. The Morgan fingerprint density at radius 1 is 1.03 bits per heavy atom. The summed E-state index contributed by atoms with van der Waals surface area (Å²) in [6, 6.07) is 12.7. The lowest BCUT2D eigenvalue weighted by Gasteiger charge is -2.17. The van der Waals surface area contributed by atoms with Crippen LogP contribution in [-0.2, 0) is 11.8 Å². The van der Waals surface area contributed by atoms with E-state index < -0.39 is 27.1 Å². The van der Waals surface area contributed by atoms with Crippen molar-refractivity contribution in [2.24, 2.45) is 0 Å². The molecule has 32 heavy (non-hydrogen) atoms. The number of nitrogens with zero attached hydrogens (tertiary/aromatic N) is 3.